The van der Waals surface area contributed by atoms with Gasteiger partial charge in [0, 0.05) is 10.3 Å². The number of para-hydroxylation sites is 1. The van der Waals surface area contributed by atoms with Gasteiger partial charge in [0.05, 0.1) is 30.2 Å². The normalized spacial score (nSPS) is 11.2. The molecule has 1 aromatic carbocycles. The number of esters is 1. The highest BCUT2D eigenvalue weighted by Gasteiger charge is 2.20. The Morgan fingerprint density at radius 1 is 1.21 bits per heavy atom. The third-order valence-electron chi connectivity index (χ3n) is 4.80. The second-order valence-corrected chi connectivity index (χ2v) is 9.20. The number of furan rings is 1. The van der Waals surface area contributed by atoms with Crippen LogP contribution in [0.4, 0.5) is 5.00 Å². The van der Waals surface area contributed by atoms with Gasteiger partial charge in [0.15, 0.2) is 22.4 Å². The molecule has 4 heterocycles. The van der Waals surface area contributed by atoms with E-state index in [9.17, 15) is 9.59 Å². The molecule has 0 saturated carbocycles. The third-order valence-corrected chi connectivity index (χ3v) is 6.70. The Balaban J connectivity index is 1.45. The van der Waals surface area contributed by atoms with E-state index in [1.165, 1.54) is 30.2 Å². The highest BCUT2D eigenvalue weighted by molar-refractivity contribution is 7.99. The number of nitrogens with one attached hydrogen (secondary N) is 1. The molecule has 0 aliphatic rings. The lowest BCUT2D eigenvalue weighted by molar-refractivity contribution is -0.113. The van der Waals surface area contributed by atoms with Crippen molar-refractivity contribution in [3.8, 4) is 11.6 Å². The number of thioether (sulfide) groups is 1. The molecule has 1 N–H and O–H groups in total. The average molecular weight is 480 g/mol. The third kappa shape index (κ3) is 3.96. The molecule has 5 rings (SSSR count). The number of anilines is 1. The lowest BCUT2D eigenvalue weighted by atomic mass is 10.2. The summed E-state index contributed by atoms with van der Waals surface area (Å²) in [5.74, 6) is 0.393. The molecule has 0 saturated heterocycles. The predicted octanol–water partition coefficient (Wildman–Crippen LogP) is 4.42. The van der Waals surface area contributed by atoms with Crippen molar-refractivity contribution in [1.29, 1.82) is 0 Å². The quantitative estimate of drug-likeness (QED) is 0.281. The molecule has 0 atom stereocenters. The number of aryl methyl sites for hydroxylation is 1. The van der Waals surface area contributed by atoms with Crippen molar-refractivity contribution in [3.05, 3.63) is 59.2 Å². The first-order valence-corrected chi connectivity index (χ1v) is 11.6. The first kappa shape index (κ1) is 21.2. The lowest BCUT2D eigenvalue weighted by Gasteiger charge is -2.08. The zero-order valence-corrected chi connectivity index (χ0v) is 19.2. The molecule has 0 radical (unpaired) electrons. The van der Waals surface area contributed by atoms with Gasteiger partial charge in [-0.3, -0.25) is 9.20 Å². The Hall–Kier alpha value is -3.70. The number of thiophene rings is 1. The number of hydrogen-bond donors (Lipinski definition) is 1. The maximum Gasteiger partial charge on any atom is 0.340 e. The first-order valence-electron chi connectivity index (χ1n) is 9.84. The van der Waals surface area contributed by atoms with Crippen molar-refractivity contribution >= 4 is 56.5 Å². The first-order chi connectivity index (χ1) is 16.0. The van der Waals surface area contributed by atoms with Crippen molar-refractivity contribution in [2.24, 2.45) is 0 Å². The number of benzene rings is 1. The molecule has 5 aromatic rings. The Labute approximate surface area is 195 Å². The Morgan fingerprint density at radius 3 is 2.85 bits per heavy atom. The predicted molar refractivity (Wildman–Crippen MR) is 126 cm³/mol. The molecule has 0 bridgehead atoms. The van der Waals surface area contributed by atoms with Gasteiger partial charge < -0.3 is 14.5 Å². The number of amides is 1. The van der Waals surface area contributed by atoms with E-state index in [1.807, 2.05) is 37.3 Å². The number of carbonyl (C=O) groups is 2. The maximum absolute atomic E-state index is 12.7. The van der Waals surface area contributed by atoms with Gasteiger partial charge in [0.25, 0.3) is 0 Å². The number of ether oxygens (including phenoxy) is 1. The van der Waals surface area contributed by atoms with Crippen LogP contribution in [0.2, 0.25) is 0 Å². The zero-order valence-electron chi connectivity index (χ0n) is 17.6. The summed E-state index contributed by atoms with van der Waals surface area (Å²) in [7, 11) is 1.31. The van der Waals surface area contributed by atoms with Gasteiger partial charge in [-0.1, -0.05) is 23.9 Å². The Morgan fingerprint density at radius 2 is 2.06 bits per heavy atom. The van der Waals surface area contributed by atoms with Crippen LogP contribution in [0, 0.1) is 6.92 Å². The van der Waals surface area contributed by atoms with Crippen LogP contribution in [0.5, 0.6) is 0 Å². The van der Waals surface area contributed by atoms with E-state index in [4.69, 9.17) is 14.1 Å². The molecule has 0 unspecified atom stereocenters. The fourth-order valence-corrected chi connectivity index (χ4v) is 5.03. The average Bonchev–Trinajstić information content (AvgIpc) is 3.57. The van der Waals surface area contributed by atoms with Crippen LogP contribution in [0.15, 0.2) is 58.3 Å². The summed E-state index contributed by atoms with van der Waals surface area (Å²) >= 11 is 2.53. The van der Waals surface area contributed by atoms with Crippen LogP contribution in [-0.2, 0) is 9.53 Å². The summed E-state index contributed by atoms with van der Waals surface area (Å²) in [5.41, 5.74) is 1.72. The fraction of sp³-hybridized carbons (Fsp3) is 0.136. The minimum Gasteiger partial charge on any atom is -0.465 e. The van der Waals surface area contributed by atoms with Gasteiger partial charge in [-0.25, -0.2) is 9.78 Å². The minimum absolute atomic E-state index is 0.0583. The molecule has 0 fully saturated rings. The number of fused-ring (bicyclic) bond motifs is 3. The summed E-state index contributed by atoms with van der Waals surface area (Å²) in [6.45, 7) is 1.86. The van der Waals surface area contributed by atoms with Gasteiger partial charge in [-0.2, -0.15) is 0 Å². The molecule has 0 aliphatic carbocycles. The van der Waals surface area contributed by atoms with Crippen LogP contribution in [0.1, 0.15) is 15.2 Å². The van der Waals surface area contributed by atoms with Gasteiger partial charge in [-0.05, 0) is 37.3 Å². The monoisotopic (exact) mass is 479 g/mol. The standard InChI is InChI=1S/C22H17N5O4S2/c1-12-10-14(21(29)30-2)20(33-12)24-17(28)11-32-22-26-25-18-13-6-3-4-7-15(13)23-19(27(18)22)16-8-5-9-31-16/h3-10H,11H2,1-2H3,(H,24,28). The molecular weight excluding hydrogens is 462 g/mol. The van der Waals surface area contributed by atoms with E-state index >= 15 is 0 Å². The highest BCUT2D eigenvalue weighted by Crippen LogP contribution is 2.31. The van der Waals surface area contributed by atoms with E-state index in [2.05, 4.69) is 15.5 Å². The van der Waals surface area contributed by atoms with Crippen LogP contribution in [0.25, 0.3) is 28.1 Å². The Kier molecular flexibility index (Phi) is 5.56. The van der Waals surface area contributed by atoms with E-state index in [0.29, 0.717) is 33.0 Å². The summed E-state index contributed by atoms with van der Waals surface area (Å²) < 4.78 is 12.2. The lowest BCUT2D eigenvalue weighted by Crippen LogP contribution is -2.16. The molecule has 0 aliphatic heterocycles. The van der Waals surface area contributed by atoms with Crippen molar-refractivity contribution in [2.75, 3.05) is 18.2 Å². The topological polar surface area (TPSA) is 112 Å². The van der Waals surface area contributed by atoms with Crippen molar-refractivity contribution in [1.82, 2.24) is 19.6 Å². The van der Waals surface area contributed by atoms with Crippen molar-refractivity contribution < 1.29 is 18.7 Å². The number of rotatable bonds is 6. The van der Waals surface area contributed by atoms with Gasteiger partial charge in [0.1, 0.15) is 5.00 Å². The van der Waals surface area contributed by atoms with E-state index < -0.39 is 5.97 Å². The second-order valence-electron chi connectivity index (χ2n) is 7.00. The van der Waals surface area contributed by atoms with Crippen LogP contribution in [-0.4, -0.2) is 44.3 Å². The highest BCUT2D eigenvalue weighted by atomic mass is 32.2. The summed E-state index contributed by atoms with van der Waals surface area (Å²) in [4.78, 5) is 30.3. The van der Waals surface area contributed by atoms with E-state index in [-0.39, 0.29) is 11.7 Å². The Bertz CT molecular complexity index is 1490. The summed E-state index contributed by atoms with van der Waals surface area (Å²) in [6.07, 6.45) is 1.57. The summed E-state index contributed by atoms with van der Waals surface area (Å²) in [5, 5.41) is 13.2. The van der Waals surface area contributed by atoms with Crippen molar-refractivity contribution in [2.45, 2.75) is 12.1 Å². The van der Waals surface area contributed by atoms with Crippen molar-refractivity contribution in [3.63, 3.8) is 0 Å². The zero-order chi connectivity index (χ0) is 22.9. The smallest absolute Gasteiger partial charge is 0.340 e. The molecule has 4 aromatic heterocycles. The van der Waals surface area contributed by atoms with Crippen LogP contribution < -0.4 is 5.32 Å². The fourth-order valence-electron chi connectivity index (χ4n) is 3.39. The molecular formula is C22H17N5O4S2. The van der Waals surface area contributed by atoms with Crippen LogP contribution in [0.3, 0.4) is 0 Å². The second kappa shape index (κ2) is 8.68. The maximum atomic E-state index is 12.7. The number of carbonyl (C=O) groups excluding carboxylic acids is 2. The molecule has 166 valence electrons. The summed E-state index contributed by atoms with van der Waals surface area (Å²) in [6, 6.07) is 12.9. The van der Waals surface area contributed by atoms with Gasteiger partial charge >= 0.3 is 5.97 Å². The molecule has 33 heavy (non-hydrogen) atoms. The van der Waals surface area contributed by atoms with E-state index in [1.54, 1.807) is 22.8 Å². The number of hydrogen-bond acceptors (Lipinski definition) is 9. The molecule has 1 amide bonds. The number of aromatic nitrogens is 4. The van der Waals surface area contributed by atoms with Crippen LogP contribution >= 0.6 is 23.1 Å². The molecule has 9 nitrogen and oxygen atoms in total. The minimum atomic E-state index is -0.494. The van der Waals surface area contributed by atoms with Gasteiger partial charge in [-0.15, -0.1) is 21.5 Å². The molecule has 0 spiro atoms. The molecule has 11 heteroatoms. The van der Waals surface area contributed by atoms with E-state index in [0.717, 1.165) is 15.8 Å². The number of nitrogens with zero attached hydrogens (tertiary/aromatic N) is 4. The number of methoxy groups -OCH3 is 1. The largest absolute Gasteiger partial charge is 0.465 e. The SMILES string of the molecule is COC(=O)c1cc(C)sc1NC(=O)CSc1nnc2c3ccccc3nc(-c3ccco3)n12. The van der Waals surface area contributed by atoms with Gasteiger partial charge in [0.2, 0.25) is 5.91 Å².